The molecule has 0 aromatic carbocycles. The predicted octanol–water partition coefficient (Wildman–Crippen LogP) is 3.98. The van der Waals surface area contributed by atoms with Crippen molar-refractivity contribution in [1.82, 2.24) is 20.3 Å². The van der Waals surface area contributed by atoms with E-state index in [2.05, 4.69) is 25.6 Å². The molecule has 1 saturated heterocycles. The average Bonchev–Trinajstić information content (AvgIpc) is 2.76. The van der Waals surface area contributed by atoms with Gasteiger partial charge in [0.05, 0.1) is 22.9 Å². The van der Waals surface area contributed by atoms with Gasteiger partial charge in [0, 0.05) is 37.7 Å². The number of aromatic nitrogens is 3. The van der Waals surface area contributed by atoms with E-state index in [0.717, 1.165) is 12.4 Å². The molecule has 2 aliphatic rings. The first-order valence-electron chi connectivity index (χ1n) is 10.6. The van der Waals surface area contributed by atoms with Gasteiger partial charge in [-0.2, -0.15) is 26.3 Å². The molecule has 0 saturated carbocycles. The van der Waals surface area contributed by atoms with Crippen LogP contribution in [-0.2, 0) is 11.0 Å². The minimum absolute atomic E-state index is 0.00479. The molecule has 184 valence electrons. The second-order valence-electron chi connectivity index (χ2n) is 8.68. The van der Waals surface area contributed by atoms with Crippen molar-refractivity contribution in [1.29, 1.82) is 0 Å². The van der Waals surface area contributed by atoms with Crippen molar-refractivity contribution in [2.24, 2.45) is 5.92 Å². The van der Waals surface area contributed by atoms with Gasteiger partial charge in [0.25, 0.3) is 0 Å². The van der Waals surface area contributed by atoms with Crippen molar-refractivity contribution in [3.8, 4) is 11.4 Å². The van der Waals surface area contributed by atoms with Crippen molar-refractivity contribution in [3.05, 3.63) is 29.6 Å². The van der Waals surface area contributed by atoms with Crippen LogP contribution in [-0.4, -0.2) is 52.7 Å². The molecule has 1 fully saturated rings. The van der Waals surface area contributed by atoms with Crippen LogP contribution in [0.4, 0.5) is 38.0 Å². The molecule has 4 rings (SSSR count). The lowest BCUT2D eigenvalue weighted by Crippen LogP contribution is -2.53. The minimum Gasteiger partial charge on any atom is -0.354 e. The number of hydrogen-bond acceptors (Lipinski definition) is 6. The largest absolute Gasteiger partial charge is 0.416 e. The highest BCUT2D eigenvalue weighted by Gasteiger charge is 2.47. The summed E-state index contributed by atoms with van der Waals surface area (Å²) in [7, 11) is 0. The van der Waals surface area contributed by atoms with Gasteiger partial charge in [-0.15, -0.1) is 0 Å². The number of nitrogens with zero attached hydrogens (tertiary/aromatic N) is 4. The van der Waals surface area contributed by atoms with Crippen molar-refractivity contribution >= 4 is 17.5 Å². The lowest BCUT2D eigenvalue weighted by molar-refractivity contribution is -0.156. The van der Waals surface area contributed by atoms with Gasteiger partial charge in [0.15, 0.2) is 0 Å². The first-order chi connectivity index (χ1) is 15.8. The van der Waals surface area contributed by atoms with E-state index in [4.69, 9.17) is 0 Å². The number of anilines is 2. The van der Waals surface area contributed by atoms with Gasteiger partial charge in [-0.3, -0.25) is 4.79 Å². The molecule has 13 heteroatoms. The van der Waals surface area contributed by atoms with Gasteiger partial charge >= 0.3 is 12.4 Å². The number of nitrogens with one attached hydrogen (secondary N) is 2. The van der Waals surface area contributed by atoms with Gasteiger partial charge in [-0.1, -0.05) is 13.8 Å². The zero-order chi connectivity index (χ0) is 24.8. The summed E-state index contributed by atoms with van der Waals surface area (Å²) in [5.74, 6) is -3.34. The number of alkyl halides is 6. The van der Waals surface area contributed by atoms with E-state index in [1.165, 1.54) is 0 Å². The van der Waals surface area contributed by atoms with Crippen LogP contribution in [0, 0.1) is 5.92 Å². The Labute approximate surface area is 191 Å². The molecule has 2 aromatic heterocycles. The maximum Gasteiger partial charge on any atom is 0.416 e. The number of carbonyl (C=O) groups excluding carboxylic acids is 1. The van der Waals surface area contributed by atoms with Crippen molar-refractivity contribution < 1.29 is 31.1 Å². The van der Waals surface area contributed by atoms with Crippen LogP contribution in [0.3, 0.4) is 0 Å². The standard InChI is InChI=1S/C21H22F6N6O/c1-10(2)14-8-33(4-3-28-14)15-6-11(20(22,23)24)5-13(31-15)18-17-12(21(25,26)27)7-16(34)32-19(17)30-9-29-18/h5-6,9-10,12,14,28H,3-4,7-8H2,1-2H3,(H,29,30,32,34)/t12-,14+/m0/s1. The van der Waals surface area contributed by atoms with E-state index in [1.807, 2.05) is 13.8 Å². The Kier molecular flexibility index (Phi) is 6.17. The summed E-state index contributed by atoms with van der Waals surface area (Å²) in [6.45, 7) is 5.23. The third-order valence-corrected chi connectivity index (χ3v) is 5.99. The smallest absolute Gasteiger partial charge is 0.354 e. The van der Waals surface area contributed by atoms with E-state index >= 15 is 0 Å². The van der Waals surface area contributed by atoms with Gasteiger partial charge < -0.3 is 15.5 Å². The van der Waals surface area contributed by atoms with Crippen molar-refractivity contribution in [3.63, 3.8) is 0 Å². The fourth-order valence-corrected chi connectivity index (χ4v) is 4.18. The fraction of sp³-hybridized carbons (Fsp3) is 0.524. The van der Waals surface area contributed by atoms with Crippen molar-refractivity contribution in [2.45, 2.75) is 44.6 Å². The van der Waals surface area contributed by atoms with E-state index in [1.54, 1.807) is 4.90 Å². The first-order valence-corrected chi connectivity index (χ1v) is 10.6. The maximum atomic E-state index is 13.8. The molecule has 34 heavy (non-hydrogen) atoms. The molecule has 7 nitrogen and oxygen atoms in total. The van der Waals surface area contributed by atoms with Crippen LogP contribution in [0.15, 0.2) is 18.5 Å². The molecule has 0 radical (unpaired) electrons. The highest BCUT2D eigenvalue weighted by molar-refractivity contribution is 5.95. The first kappa shape index (κ1) is 24.2. The van der Waals surface area contributed by atoms with E-state index in [0.29, 0.717) is 25.7 Å². The summed E-state index contributed by atoms with van der Waals surface area (Å²) in [4.78, 5) is 25.4. The molecule has 1 amide bonds. The van der Waals surface area contributed by atoms with Crippen LogP contribution < -0.4 is 15.5 Å². The molecular formula is C21H22F6N6O. The molecule has 0 spiro atoms. The summed E-state index contributed by atoms with van der Waals surface area (Å²) in [5, 5.41) is 5.55. The van der Waals surface area contributed by atoms with Gasteiger partial charge in [0.1, 0.15) is 18.0 Å². The molecule has 4 heterocycles. The summed E-state index contributed by atoms with van der Waals surface area (Å²) >= 11 is 0. The number of fused-ring (bicyclic) bond motifs is 1. The second-order valence-corrected chi connectivity index (χ2v) is 8.68. The highest BCUT2D eigenvalue weighted by atomic mass is 19.4. The number of rotatable bonds is 3. The Morgan fingerprint density at radius 3 is 2.50 bits per heavy atom. The molecule has 0 aliphatic carbocycles. The quantitative estimate of drug-likeness (QED) is 0.637. The lowest BCUT2D eigenvalue weighted by atomic mass is 9.89. The molecular weight excluding hydrogens is 466 g/mol. The monoisotopic (exact) mass is 488 g/mol. The number of piperazine rings is 1. The van der Waals surface area contributed by atoms with Crippen LogP contribution in [0.5, 0.6) is 0 Å². The SMILES string of the molecule is CC(C)[C@H]1CN(c2cc(C(F)(F)F)cc(-c3ncnc4c3[C@@H](C(F)(F)F)CC(=O)N4)n2)CCN1. The van der Waals surface area contributed by atoms with Crippen LogP contribution in [0.25, 0.3) is 11.4 Å². The topological polar surface area (TPSA) is 83.0 Å². The Bertz CT molecular complexity index is 1090. The Hall–Kier alpha value is -2.96. The average molecular weight is 488 g/mol. The Balaban J connectivity index is 1.87. The van der Waals surface area contributed by atoms with Crippen LogP contribution in [0.1, 0.15) is 37.3 Å². The molecule has 0 bridgehead atoms. The maximum absolute atomic E-state index is 13.8. The highest BCUT2D eigenvalue weighted by Crippen LogP contribution is 2.46. The zero-order valence-corrected chi connectivity index (χ0v) is 18.3. The van der Waals surface area contributed by atoms with E-state index in [9.17, 15) is 31.1 Å². The summed E-state index contributed by atoms with van der Waals surface area (Å²) in [6, 6.07) is 1.58. The summed E-state index contributed by atoms with van der Waals surface area (Å²) < 4.78 is 82.7. The number of pyridine rings is 1. The summed E-state index contributed by atoms with van der Waals surface area (Å²) in [5.41, 5.74) is -2.31. The molecule has 2 aromatic rings. The Morgan fingerprint density at radius 1 is 1.12 bits per heavy atom. The van der Waals surface area contributed by atoms with Gasteiger partial charge in [0.2, 0.25) is 5.91 Å². The van der Waals surface area contributed by atoms with Crippen LogP contribution in [0.2, 0.25) is 0 Å². The van der Waals surface area contributed by atoms with Crippen molar-refractivity contribution in [2.75, 3.05) is 29.9 Å². The molecule has 0 unspecified atom stereocenters. The Morgan fingerprint density at radius 2 is 1.85 bits per heavy atom. The fourth-order valence-electron chi connectivity index (χ4n) is 4.18. The normalized spacial score (nSPS) is 21.4. The number of halogens is 6. The van der Waals surface area contributed by atoms with E-state index < -0.39 is 47.4 Å². The summed E-state index contributed by atoms with van der Waals surface area (Å²) in [6.07, 6.45) is -9.62. The zero-order valence-electron chi connectivity index (χ0n) is 18.3. The molecule has 2 aliphatic heterocycles. The van der Waals surface area contributed by atoms with Gasteiger partial charge in [-0.25, -0.2) is 15.0 Å². The second kappa shape index (κ2) is 8.67. The van der Waals surface area contributed by atoms with Crippen LogP contribution >= 0.6 is 0 Å². The molecule has 2 N–H and O–H groups in total. The lowest BCUT2D eigenvalue weighted by Gasteiger charge is -2.37. The number of amides is 1. The van der Waals surface area contributed by atoms with Gasteiger partial charge in [-0.05, 0) is 18.1 Å². The molecule has 2 atom stereocenters. The third kappa shape index (κ3) is 4.79. The minimum atomic E-state index is -4.83. The van der Waals surface area contributed by atoms with E-state index in [-0.39, 0.29) is 29.3 Å². The number of hydrogen-bond donors (Lipinski definition) is 2. The number of carbonyl (C=O) groups is 1. The third-order valence-electron chi connectivity index (χ3n) is 5.99. The predicted molar refractivity (Wildman–Crippen MR) is 111 cm³/mol.